The molecule has 1 aliphatic heterocycles. The van der Waals surface area contributed by atoms with E-state index in [9.17, 15) is 4.79 Å². The molecule has 0 saturated carbocycles. The van der Waals surface area contributed by atoms with Gasteiger partial charge in [0.15, 0.2) is 0 Å². The maximum Gasteiger partial charge on any atom is 0.337 e. The van der Waals surface area contributed by atoms with Crippen molar-refractivity contribution >= 4 is 12.2 Å². The highest BCUT2D eigenvalue weighted by molar-refractivity contribution is 5.89. The molecule has 1 saturated heterocycles. The van der Waals surface area contributed by atoms with Gasteiger partial charge in [0.05, 0.1) is 18.9 Å². The molecule has 1 fully saturated rings. The van der Waals surface area contributed by atoms with Crippen molar-refractivity contribution < 1.29 is 14.3 Å². The summed E-state index contributed by atoms with van der Waals surface area (Å²) in [7, 11) is 1.38. The molecule has 3 rings (SSSR count). The van der Waals surface area contributed by atoms with E-state index in [1.165, 1.54) is 26.4 Å². The molecule has 5 heteroatoms. The molecule has 0 spiro atoms. The number of hydrogen-bond acceptors (Lipinski definition) is 5. The highest BCUT2D eigenvalue weighted by Gasteiger charge is 2.22. The molecule has 28 heavy (non-hydrogen) atoms. The second-order valence-corrected chi connectivity index (χ2v) is 7.30. The first kappa shape index (κ1) is 19.9. The summed E-state index contributed by atoms with van der Waals surface area (Å²) < 4.78 is 10.5. The third-order valence-electron chi connectivity index (χ3n) is 5.15. The van der Waals surface area contributed by atoms with Crippen LogP contribution in [0.25, 0.3) is 0 Å². The van der Waals surface area contributed by atoms with Gasteiger partial charge in [-0.1, -0.05) is 12.1 Å². The number of carbonyl (C=O) groups is 1. The average molecular weight is 380 g/mol. The Morgan fingerprint density at radius 3 is 2.32 bits per heavy atom. The van der Waals surface area contributed by atoms with Crippen molar-refractivity contribution in [2.75, 3.05) is 7.11 Å². The number of carbonyl (C=O) groups excluding carboxylic acids is 1. The van der Waals surface area contributed by atoms with Crippen LogP contribution >= 0.6 is 0 Å². The molecule has 0 aromatic heterocycles. The molecule has 0 N–H and O–H groups in total. The van der Waals surface area contributed by atoms with Crippen LogP contribution in [0.1, 0.15) is 54.6 Å². The molecule has 5 nitrogen and oxygen atoms in total. The summed E-state index contributed by atoms with van der Waals surface area (Å²) in [5.74, 6) is 0.465. The van der Waals surface area contributed by atoms with E-state index in [-0.39, 0.29) is 5.97 Å². The normalized spacial score (nSPS) is 19.6. The number of methoxy groups -OCH3 is 1. The zero-order chi connectivity index (χ0) is 19.9. The maximum absolute atomic E-state index is 11.5. The number of nitrogens with zero attached hydrogens (tertiary/aromatic N) is 2. The predicted molar refractivity (Wildman–Crippen MR) is 111 cm³/mol. The van der Waals surface area contributed by atoms with Crippen LogP contribution < -0.4 is 4.74 Å². The first-order chi connectivity index (χ1) is 13.6. The Hall–Kier alpha value is -2.82. The van der Waals surface area contributed by atoms with Crippen molar-refractivity contribution in [3.05, 3.63) is 65.2 Å². The van der Waals surface area contributed by atoms with Crippen LogP contribution in [0.15, 0.2) is 53.6 Å². The standard InChI is InChI=1S/C23H28N2O3/c1-17-5-4-6-18(2)25(17)24-15-19-9-13-22(14-10-19)28-16-20-7-11-21(12-8-20)23(26)27-3/h7-15,17-18H,4-6,16H2,1-3H3/b24-15-/t17-,18-/m0/s1. The van der Waals surface area contributed by atoms with Gasteiger partial charge in [-0.15, -0.1) is 0 Å². The van der Waals surface area contributed by atoms with Gasteiger partial charge in [-0.25, -0.2) is 4.79 Å². The summed E-state index contributed by atoms with van der Waals surface area (Å²) in [6.45, 7) is 4.92. The van der Waals surface area contributed by atoms with Crippen molar-refractivity contribution in [1.82, 2.24) is 5.01 Å². The van der Waals surface area contributed by atoms with Crippen molar-refractivity contribution in [3.63, 3.8) is 0 Å². The molecule has 2 aromatic rings. The fourth-order valence-corrected chi connectivity index (χ4v) is 3.44. The lowest BCUT2D eigenvalue weighted by molar-refractivity contribution is 0.0600. The van der Waals surface area contributed by atoms with E-state index in [2.05, 4.69) is 18.9 Å². The second-order valence-electron chi connectivity index (χ2n) is 7.30. The van der Waals surface area contributed by atoms with E-state index in [1.807, 2.05) is 42.6 Å². The molecule has 148 valence electrons. The van der Waals surface area contributed by atoms with Crippen LogP contribution in [-0.2, 0) is 11.3 Å². The van der Waals surface area contributed by atoms with Gasteiger partial charge in [0.1, 0.15) is 12.4 Å². The Morgan fingerprint density at radius 1 is 1.07 bits per heavy atom. The van der Waals surface area contributed by atoms with Gasteiger partial charge in [-0.05, 0) is 80.6 Å². The fourth-order valence-electron chi connectivity index (χ4n) is 3.44. The van der Waals surface area contributed by atoms with Crippen LogP contribution in [0.3, 0.4) is 0 Å². The second kappa shape index (κ2) is 9.40. The predicted octanol–water partition coefficient (Wildman–Crippen LogP) is 4.65. The molecular weight excluding hydrogens is 352 g/mol. The van der Waals surface area contributed by atoms with Crippen LogP contribution in [0.4, 0.5) is 0 Å². The number of benzene rings is 2. The lowest BCUT2D eigenvalue weighted by atomic mass is 10.00. The number of ether oxygens (including phenoxy) is 2. The van der Waals surface area contributed by atoms with Crippen molar-refractivity contribution in [2.45, 2.75) is 51.8 Å². The molecule has 1 heterocycles. The van der Waals surface area contributed by atoms with E-state index >= 15 is 0 Å². The van der Waals surface area contributed by atoms with E-state index in [0.717, 1.165) is 16.9 Å². The highest BCUT2D eigenvalue weighted by Crippen LogP contribution is 2.22. The Morgan fingerprint density at radius 2 is 1.71 bits per heavy atom. The number of hydrogen-bond donors (Lipinski definition) is 0. The number of hydrazone groups is 1. The molecule has 0 unspecified atom stereocenters. The van der Waals surface area contributed by atoms with Crippen LogP contribution in [0.2, 0.25) is 0 Å². The summed E-state index contributed by atoms with van der Waals surface area (Å²) in [6.07, 6.45) is 5.61. The average Bonchev–Trinajstić information content (AvgIpc) is 2.72. The molecule has 1 aliphatic rings. The zero-order valence-corrected chi connectivity index (χ0v) is 16.8. The smallest absolute Gasteiger partial charge is 0.337 e. The van der Waals surface area contributed by atoms with Crippen LogP contribution in [0, 0.1) is 0 Å². The Balaban J connectivity index is 1.54. The highest BCUT2D eigenvalue weighted by atomic mass is 16.5. The summed E-state index contributed by atoms with van der Waals surface area (Å²) in [5, 5.41) is 6.91. The first-order valence-electron chi connectivity index (χ1n) is 9.79. The van der Waals surface area contributed by atoms with Gasteiger partial charge in [-0.3, -0.25) is 5.01 Å². The zero-order valence-electron chi connectivity index (χ0n) is 16.8. The minimum Gasteiger partial charge on any atom is -0.489 e. The van der Waals surface area contributed by atoms with E-state index in [0.29, 0.717) is 24.3 Å². The molecule has 0 bridgehead atoms. The molecule has 2 aromatic carbocycles. The monoisotopic (exact) mass is 380 g/mol. The van der Waals surface area contributed by atoms with E-state index in [4.69, 9.17) is 14.6 Å². The lowest BCUT2D eigenvalue weighted by Crippen LogP contribution is -2.39. The lowest BCUT2D eigenvalue weighted by Gasteiger charge is -2.36. The van der Waals surface area contributed by atoms with Crippen LogP contribution in [-0.4, -0.2) is 36.4 Å². The fraction of sp³-hybridized carbons (Fsp3) is 0.391. The quantitative estimate of drug-likeness (QED) is 0.541. The Kier molecular flexibility index (Phi) is 6.69. The van der Waals surface area contributed by atoms with Gasteiger partial charge in [0.25, 0.3) is 0 Å². The minimum atomic E-state index is -0.335. The molecular formula is C23H28N2O3. The third kappa shape index (κ3) is 5.12. The Bertz CT molecular complexity index is 790. The summed E-state index contributed by atoms with van der Waals surface area (Å²) in [4.78, 5) is 11.5. The van der Waals surface area contributed by atoms with E-state index < -0.39 is 0 Å². The molecule has 0 amide bonds. The van der Waals surface area contributed by atoms with Crippen molar-refractivity contribution in [2.24, 2.45) is 5.10 Å². The summed E-state index contributed by atoms with van der Waals surface area (Å²) in [5.41, 5.74) is 2.58. The molecule has 0 radical (unpaired) electrons. The number of piperidine rings is 1. The van der Waals surface area contributed by atoms with Crippen molar-refractivity contribution in [3.8, 4) is 5.75 Å². The van der Waals surface area contributed by atoms with Gasteiger partial charge in [0, 0.05) is 12.1 Å². The van der Waals surface area contributed by atoms with Crippen molar-refractivity contribution in [1.29, 1.82) is 0 Å². The van der Waals surface area contributed by atoms with Gasteiger partial charge in [0.2, 0.25) is 0 Å². The topological polar surface area (TPSA) is 51.1 Å². The molecule has 0 aliphatic carbocycles. The van der Waals surface area contributed by atoms with Crippen LogP contribution in [0.5, 0.6) is 5.75 Å². The van der Waals surface area contributed by atoms with Gasteiger partial charge >= 0.3 is 5.97 Å². The van der Waals surface area contributed by atoms with E-state index in [1.54, 1.807) is 12.1 Å². The Labute approximate surface area is 167 Å². The SMILES string of the molecule is COC(=O)c1ccc(COc2ccc(/C=N\N3[C@@H](C)CCC[C@@H]3C)cc2)cc1. The first-order valence-corrected chi connectivity index (χ1v) is 9.79. The summed E-state index contributed by atoms with van der Waals surface area (Å²) >= 11 is 0. The maximum atomic E-state index is 11.5. The number of esters is 1. The summed E-state index contributed by atoms with van der Waals surface area (Å²) in [6, 6.07) is 16.1. The molecule has 2 atom stereocenters. The largest absolute Gasteiger partial charge is 0.489 e. The third-order valence-corrected chi connectivity index (χ3v) is 5.15. The number of rotatable bonds is 6. The minimum absolute atomic E-state index is 0.335. The van der Waals surface area contributed by atoms with Gasteiger partial charge < -0.3 is 9.47 Å². The van der Waals surface area contributed by atoms with Gasteiger partial charge in [-0.2, -0.15) is 5.10 Å².